The second-order valence-electron chi connectivity index (χ2n) is 7.99. The number of carboxylic acid groups (broad SMARTS) is 1. The maximum Gasteiger partial charge on any atom is 0.335 e. The third-order valence-electron chi connectivity index (χ3n) is 5.44. The van der Waals surface area contributed by atoms with Gasteiger partial charge in [0.25, 0.3) is 5.91 Å². The van der Waals surface area contributed by atoms with Crippen molar-refractivity contribution in [2.75, 3.05) is 17.7 Å². The lowest BCUT2D eigenvalue weighted by atomic mass is 10.1. The zero-order valence-corrected chi connectivity index (χ0v) is 20.7. The highest BCUT2D eigenvalue weighted by molar-refractivity contribution is 8.00. The van der Waals surface area contributed by atoms with Crippen molar-refractivity contribution in [3.05, 3.63) is 120 Å². The third-order valence-corrected chi connectivity index (χ3v) is 6.69. The standard InChI is InChI=1S/C29H24N2O5S/c1-36-24-16-12-20(13-17-24)27(32)31-23-8-5-9-25(18-23)37-26(19-6-3-2-4-7-19)28(33)30-22-14-10-21(11-15-22)29(34)35/h2-18,26H,1H3,(H,30,33)(H,31,32)(H,34,35). The first-order valence-corrected chi connectivity index (χ1v) is 12.2. The molecule has 0 bridgehead atoms. The molecule has 1 atom stereocenters. The summed E-state index contributed by atoms with van der Waals surface area (Å²) in [6, 6.07) is 29.5. The number of nitrogens with one attached hydrogen (secondary N) is 2. The number of hydrogen-bond donors (Lipinski definition) is 3. The molecule has 0 heterocycles. The number of amides is 2. The van der Waals surface area contributed by atoms with Gasteiger partial charge in [0.15, 0.2) is 0 Å². The number of anilines is 2. The molecule has 0 aromatic heterocycles. The number of hydrogen-bond acceptors (Lipinski definition) is 5. The molecule has 0 aliphatic heterocycles. The van der Waals surface area contributed by atoms with Crippen molar-refractivity contribution in [2.45, 2.75) is 10.1 Å². The maximum absolute atomic E-state index is 13.3. The fraction of sp³-hybridized carbons (Fsp3) is 0.0690. The molecule has 37 heavy (non-hydrogen) atoms. The molecule has 0 saturated heterocycles. The average molecular weight is 513 g/mol. The number of methoxy groups -OCH3 is 1. The van der Waals surface area contributed by atoms with Gasteiger partial charge in [0, 0.05) is 21.8 Å². The number of rotatable bonds is 9. The molecule has 8 heteroatoms. The summed E-state index contributed by atoms with van der Waals surface area (Å²) >= 11 is 1.35. The van der Waals surface area contributed by atoms with Crippen molar-refractivity contribution in [3.63, 3.8) is 0 Å². The van der Waals surface area contributed by atoms with E-state index in [2.05, 4.69) is 10.6 Å². The van der Waals surface area contributed by atoms with Gasteiger partial charge in [-0.3, -0.25) is 9.59 Å². The Bertz CT molecular complexity index is 1390. The minimum atomic E-state index is -1.03. The summed E-state index contributed by atoms with van der Waals surface area (Å²) in [7, 11) is 1.57. The van der Waals surface area contributed by atoms with Crippen molar-refractivity contribution in [3.8, 4) is 5.75 Å². The van der Waals surface area contributed by atoms with Gasteiger partial charge in [-0.15, -0.1) is 11.8 Å². The summed E-state index contributed by atoms with van der Waals surface area (Å²) in [4.78, 5) is 37.9. The Balaban J connectivity index is 1.51. The topological polar surface area (TPSA) is 105 Å². The fourth-order valence-corrected chi connectivity index (χ4v) is 4.62. The van der Waals surface area contributed by atoms with Crippen molar-refractivity contribution in [1.29, 1.82) is 0 Å². The first-order valence-electron chi connectivity index (χ1n) is 11.3. The molecular formula is C29H24N2O5S. The predicted molar refractivity (Wildman–Crippen MR) is 144 cm³/mol. The highest BCUT2D eigenvalue weighted by Gasteiger charge is 2.22. The molecule has 0 saturated carbocycles. The van der Waals surface area contributed by atoms with Crippen molar-refractivity contribution in [2.24, 2.45) is 0 Å². The highest BCUT2D eigenvalue weighted by Crippen LogP contribution is 2.37. The molecular weight excluding hydrogens is 488 g/mol. The van der Waals surface area contributed by atoms with E-state index in [0.717, 1.165) is 10.5 Å². The molecule has 4 aromatic rings. The minimum Gasteiger partial charge on any atom is -0.497 e. The van der Waals surface area contributed by atoms with Gasteiger partial charge in [-0.1, -0.05) is 36.4 Å². The average Bonchev–Trinajstić information content (AvgIpc) is 2.92. The third kappa shape index (κ3) is 6.77. The number of ether oxygens (including phenoxy) is 1. The zero-order valence-electron chi connectivity index (χ0n) is 19.9. The van der Waals surface area contributed by atoms with Crippen LogP contribution < -0.4 is 15.4 Å². The first kappa shape index (κ1) is 25.5. The number of carbonyl (C=O) groups is 3. The van der Waals surface area contributed by atoms with Crippen LogP contribution in [0.4, 0.5) is 11.4 Å². The van der Waals surface area contributed by atoms with Crippen LogP contribution in [-0.2, 0) is 4.79 Å². The Morgan fingerprint density at radius 2 is 1.43 bits per heavy atom. The fourth-order valence-electron chi connectivity index (χ4n) is 3.53. The normalized spacial score (nSPS) is 11.3. The van der Waals surface area contributed by atoms with Crippen molar-refractivity contribution in [1.82, 2.24) is 0 Å². The van der Waals surface area contributed by atoms with Crippen LogP contribution in [0.5, 0.6) is 5.75 Å². The summed E-state index contributed by atoms with van der Waals surface area (Å²) in [6.07, 6.45) is 0. The van der Waals surface area contributed by atoms with Gasteiger partial charge in [-0.25, -0.2) is 4.79 Å². The summed E-state index contributed by atoms with van der Waals surface area (Å²) in [5, 5.41) is 14.3. The Morgan fingerprint density at radius 3 is 2.08 bits per heavy atom. The lowest BCUT2D eigenvalue weighted by Crippen LogP contribution is -2.19. The number of aromatic carboxylic acids is 1. The second-order valence-corrected chi connectivity index (χ2v) is 9.17. The molecule has 0 spiro atoms. The number of carbonyl (C=O) groups excluding carboxylic acids is 2. The SMILES string of the molecule is COc1ccc(C(=O)Nc2cccc(SC(C(=O)Nc3ccc(C(=O)O)cc3)c3ccccc3)c2)cc1. The monoisotopic (exact) mass is 512 g/mol. The van der Waals surface area contributed by atoms with Crippen LogP contribution >= 0.6 is 11.8 Å². The van der Waals surface area contributed by atoms with Crippen LogP contribution in [0.1, 0.15) is 31.5 Å². The molecule has 0 aliphatic rings. The van der Waals surface area contributed by atoms with Crippen LogP contribution in [0.3, 0.4) is 0 Å². The first-order chi connectivity index (χ1) is 17.9. The van der Waals surface area contributed by atoms with Gasteiger partial charge in [0.05, 0.1) is 12.7 Å². The summed E-state index contributed by atoms with van der Waals surface area (Å²) in [6.45, 7) is 0. The van der Waals surface area contributed by atoms with Crippen LogP contribution in [0.15, 0.2) is 108 Å². The highest BCUT2D eigenvalue weighted by atomic mass is 32.2. The van der Waals surface area contributed by atoms with Crippen LogP contribution in [0, 0.1) is 0 Å². The number of thioether (sulfide) groups is 1. The van der Waals surface area contributed by atoms with Crippen LogP contribution in [0.25, 0.3) is 0 Å². The van der Waals surface area contributed by atoms with E-state index in [1.54, 1.807) is 49.6 Å². The Morgan fingerprint density at radius 1 is 0.757 bits per heavy atom. The van der Waals surface area contributed by atoms with Gasteiger partial charge in [-0.05, 0) is 72.3 Å². The molecule has 186 valence electrons. The number of benzene rings is 4. The van der Waals surface area contributed by atoms with Crippen molar-refractivity contribution >= 4 is 40.9 Å². The Hall–Kier alpha value is -4.56. The molecule has 4 aromatic carbocycles. The van der Waals surface area contributed by atoms with Gasteiger partial charge in [0.1, 0.15) is 11.0 Å². The molecule has 7 nitrogen and oxygen atoms in total. The van der Waals surface area contributed by atoms with E-state index >= 15 is 0 Å². The summed E-state index contributed by atoms with van der Waals surface area (Å²) in [5.41, 5.74) is 2.54. The molecule has 2 amide bonds. The Kier molecular flexibility index (Phi) is 8.22. The van der Waals surface area contributed by atoms with E-state index in [4.69, 9.17) is 9.84 Å². The molecule has 0 aliphatic carbocycles. The molecule has 1 unspecified atom stereocenters. The molecule has 3 N–H and O–H groups in total. The number of carboxylic acids is 1. The lowest BCUT2D eigenvalue weighted by Gasteiger charge is -2.18. The smallest absolute Gasteiger partial charge is 0.335 e. The van der Waals surface area contributed by atoms with Gasteiger partial charge < -0.3 is 20.5 Å². The summed E-state index contributed by atoms with van der Waals surface area (Å²) < 4.78 is 5.14. The van der Waals surface area contributed by atoms with Crippen LogP contribution in [0.2, 0.25) is 0 Å². The van der Waals surface area contributed by atoms with E-state index in [-0.39, 0.29) is 17.4 Å². The molecule has 4 rings (SSSR count). The van der Waals surface area contributed by atoms with E-state index < -0.39 is 11.2 Å². The second kappa shape index (κ2) is 11.9. The maximum atomic E-state index is 13.3. The molecule has 0 fully saturated rings. The van der Waals surface area contributed by atoms with Gasteiger partial charge in [0.2, 0.25) is 5.91 Å². The van der Waals surface area contributed by atoms with E-state index in [0.29, 0.717) is 22.7 Å². The summed E-state index contributed by atoms with van der Waals surface area (Å²) in [5.74, 6) is -0.883. The van der Waals surface area contributed by atoms with E-state index in [1.165, 1.54) is 23.9 Å². The van der Waals surface area contributed by atoms with E-state index in [1.807, 2.05) is 48.5 Å². The van der Waals surface area contributed by atoms with E-state index in [9.17, 15) is 14.4 Å². The quantitative estimate of drug-likeness (QED) is 0.234. The van der Waals surface area contributed by atoms with Crippen LogP contribution in [-0.4, -0.2) is 30.0 Å². The van der Waals surface area contributed by atoms with Crippen molar-refractivity contribution < 1.29 is 24.2 Å². The predicted octanol–water partition coefficient (Wildman–Crippen LogP) is 6.12. The largest absolute Gasteiger partial charge is 0.497 e. The van der Waals surface area contributed by atoms with Gasteiger partial charge >= 0.3 is 5.97 Å². The minimum absolute atomic E-state index is 0.139. The van der Waals surface area contributed by atoms with Gasteiger partial charge in [-0.2, -0.15) is 0 Å². The lowest BCUT2D eigenvalue weighted by molar-refractivity contribution is -0.115. The zero-order chi connectivity index (χ0) is 26.2. The Labute approximate surface area is 218 Å². The molecule has 0 radical (unpaired) electrons.